The topological polar surface area (TPSA) is 93.1 Å². The predicted molar refractivity (Wildman–Crippen MR) is 185 cm³/mol. The van der Waals surface area contributed by atoms with Gasteiger partial charge in [-0.2, -0.15) is 9.97 Å². The first-order valence-electron chi connectivity index (χ1n) is 18.4. The van der Waals surface area contributed by atoms with Crippen molar-refractivity contribution >= 4 is 29.2 Å². The Balaban J connectivity index is 0.955. The number of nitrogens with zero attached hydrogens (tertiary/aromatic N) is 6. The highest BCUT2D eigenvalue weighted by atomic mass is 16.3. The molecular formula is C38H52N6O3. The molecule has 9 nitrogen and oxygen atoms in total. The standard InChI is InChI=1S/C38H52N6O3/c1-25-20-29-27-22-31(46)30-21-26(45)8-10-37(30,2)28(27)9-11-38(29,3)35(25)32(47)24-41-16-18-43(19-17-41)34-23-33(42-12-4-5-13-42)39-36(40-34)44-14-6-7-15-44/h8-10,21,23,25,27,29,31,35,46H,4-7,11-20,22,24H2,1-3H3/t25-,27-,29+,31-,35-,37-,38+/m1/s1. The van der Waals surface area contributed by atoms with Crippen molar-refractivity contribution < 1.29 is 14.7 Å². The Hall–Kier alpha value is -3.04. The summed E-state index contributed by atoms with van der Waals surface area (Å²) in [6.07, 6.45) is 14.5. The predicted octanol–water partition coefficient (Wildman–Crippen LogP) is 4.43. The van der Waals surface area contributed by atoms with Gasteiger partial charge in [-0.25, -0.2) is 0 Å². The van der Waals surface area contributed by atoms with E-state index in [1.807, 2.05) is 6.08 Å². The van der Waals surface area contributed by atoms with Gasteiger partial charge in [-0.15, -0.1) is 0 Å². The number of Topliss-reactive ketones (excluding diaryl/α,β-unsaturated/α-hetero) is 1. The van der Waals surface area contributed by atoms with Crippen LogP contribution in [-0.2, 0) is 9.59 Å². The number of aromatic nitrogens is 2. The van der Waals surface area contributed by atoms with Gasteiger partial charge in [0.1, 0.15) is 11.6 Å². The molecule has 1 aromatic rings. The molecule has 252 valence electrons. The zero-order valence-corrected chi connectivity index (χ0v) is 28.5. The lowest BCUT2D eigenvalue weighted by Crippen LogP contribution is -2.51. The van der Waals surface area contributed by atoms with Gasteiger partial charge in [0.2, 0.25) is 5.95 Å². The van der Waals surface area contributed by atoms with Gasteiger partial charge in [0, 0.05) is 69.8 Å². The van der Waals surface area contributed by atoms with Crippen molar-refractivity contribution in [2.45, 2.75) is 71.8 Å². The van der Waals surface area contributed by atoms with E-state index in [1.54, 1.807) is 12.2 Å². The molecule has 7 aliphatic rings. The number of allylic oxidation sites excluding steroid dienone is 5. The van der Waals surface area contributed by atoms with E-state index in [2.05, 4.69) is 52.5 Å². The van der Waals surface area contributed by atoms with Crippen LogP contribution in [0.3, 0.4) is 0 Å². The molecule has 7 atom stereocenters. The molecule has 0 amide bonds. The maximum absolute atomic E-state index is 14.3. The normalized spacial score (nSPS) is 37.1. The molecule has 47 heavy (non-hydrogen) atoms. The van der Waals surface area contributed by atoms with Crippen LogP contribution in [0, 0.1) is 34.5 Å². The SMILES string of the molecule is C[C@@H]1C[C@H]2[C@@H]3C[C@@H](O)C4=CC(=O)C=C[C@]4(C)C3=CC[C@]2(C)[C@H]1C(=O)CN1CCN(c2cc(N3CCCC3)nc(N3CCCC3)n2)CC1. The summed E-state index contributed by atoms with van der Waals surface area (Å²) in [6.45, 7) is 14.9. The number of carbonyl (C=O) groups excluding carboxylic acids is 2. The Morgan fingerprint density at radius 3 is 2.21 bits per heavy atom. The second-order valence-electron chi connectivity index (χ2n) is 16.1. The second-order valence-corrected chi connectivity index (χ2v) is 16.1. The molecule has 0 spiro atoms. The fourth-order valence-corrected chi connectivity index (χ4v) is 10.8. The molecule has 1 aromatic heterocycles. The van der Waals surface area contributed by atoms with Gasteiger partial charge >= 0.3 is 0 Å². The molecule has 3 saturated heterocycles. The zero-order chi connectivity index (χ0) is 32.5. The molecule has 0 unspecified atom stereocenters. The van der Waals surface area contributed by atoms with Gasteiger partial charge in [-0.1, -0.05) is 31.6 Å². The van der Waals surface area contributed by atoms with Crippen LogP contribution < -0.4 is 14.7 Å². The molecular weight excluding hydrogens is 588 g/mol. The Morgan fingerprint density at radius 2 is 1.53 bits per heavy atom. The van der Waals surface area contributed by atoms with Crippen LogP contribution in [0.4, 0.5) is 17.6 Å². The van der Waals surface area contributed by atoms with Gasteiger partial charge in [0.25, 0.3) is 0 Å². The van der Waals surface area contributed by atoms with Crippen LogP contribution in [0.2, 0.25) is 0 Å². The number of aliphatic hydroxyl groups excluding tert-OH is 1. The third-order valence-corrected chi connectivity index (χ3v) is 13.2. The lowest BCUT2D eigenvalue weighted by molar-refractivity contribution is -0.129. The fourth-order valence-electron chi connectivity index (χ4n) is 10.8. The summed E-state index contributed by atoms with van der Waals surface area (Å²) in [5.41, 5.74) is 1.67. The highest BCUT2D eigenvalue weighted by Crippen LogP contribution is 2.65. The van der Waals surface area contributed by atoms with Crippen LogP contribution in [0.15, 0.2) is 41.5 Å². The number of ketones is 2. The summed E-state index contributed by atoms with van der Waals surface area (Å²) in [7, 11) is 0. The maximum atomic E-state index is 14.3. The first-order valence-corrected chi connectivity index (χ1v) is 18.4. The molecule has 0 bridgehead atoms. The number of carbonyl (C=O) groups is 2. The molecule has 0 radical (unpaired) electrons. The number of hydrogen-bond acceptors (Lipinski definition) is 9. The monoisotopic (exact) mass is 640 g/mol. The maximum Gasteiger partial charge on any atom is 0.229 e. The van der Waals surface area contributed by atoms with Gasteiger partial charge in [-0.3, -0.25) is 14.5 Å². The lowest BCUT2D eigenvalue weighted by Gasteiger charge is -2.53. The van der Waals surface area contributed by atoms with Gasteiger partial charge in [0.05, 0.1) is 12.6 Å². The van der Waals surface area contributed by atoms with E-state index in [-0.39, 0.29) is 23.0 Å². The van der Waals surface area contributed by atoms with Crippen LogP contribution in [-0.4, -0.2) is 96.5 Å². The Kier molecular flexibility index (Phi) is 7.86. The molecule has 9 heteroatoms. The summed E-state index contributed by atoms with van der Waals surface area (Å²) < 4.78 is 0. The molecule has 4 heterocycles. The Labute approximate surface area is 279 Å². The number of fused-ring (bicyclic) bond motifs is 5. The highest BCUT2D eigenvalue weighted by Gasteiger charge is 2.60. The van der Waals surface area contributed by atoms with E-state index in [1.165, 1.54) is 31.3 Å². The average molecular weight is 641 g/mol. The van der Waals surface area contributed by atoms with E-state index >= 15 is 0 Å². The van der Waals surface area contributed by atoms with Crippen molar-refractivity contribution in [2.24, 2.45) is 34.5 Å². The van der Waals surface area contributed by atoms with E-state index in [0.717, 1.165) is 88.4 Å². The first-order chi connectivity index (χ1) is 22.6. The summed E-state index contributed by atoms with van der Waals surface area (Å²) in [5, 5.41) is 11.3. The van der Waals surface area contributed by atoms with Crippen molar-refractivity contribution in [3.05, 3.63) is 41.5 Å². The number of aliphatic hydroxyl groups is 1. The van der Waals surface area contributed by atoms with Crippen molar-refractivity contribution in [1.82, 2.24) is 14.9 Å². The summed E-state index contributed by atoms with van der Waals surface area (Å²) in [5.74, 6) is 4.23. The van der Waals surface area contributed by atoms with Crippen LogP contribution in [0.1, 0.15) is 65.7 Å². The second kappa shape index (κ2) is 11.8. The zero-order valence-electron chi connectivity index (χ0n) is 28.5. The number of hydrogen-bond donors (Lipinski definition) is 1. The van der Waals surface area contributed by atoms with Gasteiger partial charge in [-0.05, 0) is 92.8 Å². The lowest BCUT2D eigenvalue weighted by atomic mass is 9.51. The average Bonchev–Trinajstić information content (AvgIpc) is 3.83. The minimum Gasteiger partial charge on any atom is -0.389 e. The minimum atomic E-state index is -0.618. The summed E-state index contributed by atoms with van der Waals surface area (Å²) >= 11 is 0. The largest absolute Gasteiger partial charge is 0.389 e. The molecule has 5 fully saturated rings. The van der Waals surface area contributed by atoms with Gasteiger partial charge < -0.3 is 19.8 Å². The molecule has 4 aliphatic carbocycles. The quantitative estimate of drug-likeness (QED) is 0.454. The van der Waals surface area contributed by atoms with Crippen molar-refractivity contribution in [2.75, 3.05) is 73.6 Å². The smallest absolute Gasteiger partial charge is 0.229 e. The molecule has 2 saturated carbocycles. The van der Waals surface area contributed by atoms with Crippen molar-refractivity contribution in [1.29, 1.82) is 0 Å². The van der Waals surface area contributed by atoms with Gasteiger partial charge in [0.15, 0.2) is 11.6 Å². The third-order valence-electron chi connectivity index (χ3n) is 13.2. The first kappa shape index (κ1) is 31.2. The van der Waals surface area contributed by atoms with Crippen LogP contribution in [0.5, 0.6) is 0 Å². The van der Waals surface area contributed by atoms with E-state index in [4.69, 9.17) is 9.97 Å². The number of anilines is 3. The third kappa shape index (κ3) is 5.27. The molecule has 0 aromatic carbocycles. The Morgan fingerprint density at radius 1 is 0.894 bits per heavy atom. The van der Waals surface area contributed by atoms with E-state index in [0.29, 0.717) is 30.6 Å². The van der Waals surface area contributed by atoms with Crippen molar-refractivity contribution in [3.8, 4) is 0 Å². The fraction of sp³-hybridized carbons (Fsp3) is 0.684. The number of piperazine rings is 1. The van der Waals surface area contributed by atoms with Crippen LogP contribution in [0.25, 0.3) is 0 Å². The van der Waals surface area contributed by atoms with E-state index < -0.39 is 11.5 Å². The number of rotatable bonds is 6. The van der Waals surface area contributed by atoms with Crippen molar-refractivity contribution in [3.63, 3.8) is 0 Å². The van der Waals surface area contributed by atoms with Crippen LogP contribution >= 0.6 is 0 Å². The molecule has 1 N–H and O–H groups in total. The highest BCUT2D eigenvalue weighted by molar-refractivity contribution is 6.01. The minimum absolute atomic E-state index is 0.0154. The summed E-state index contributed by atoms with van der Waals surface area (Å²) in [4.78, 5) is 46.1. The molecule has 3 aliphatic heterocycles. The molecule has 8 rings (SSSR count). The summed E-state index contributed by atoms with van der Waals surface area (Å²) in [6, 6.07) is 2.19. The Bertz CT molecular complexity index is 1480. The van der Waals surface area contributed by atoms with E-state index in [9.17, 15) is 14.7 Å².